The highest BCUT2D eigenvalue weighted by molar-refractivity contribution is 6.02. The lowest BCUT2D eigenvalue weighted by Gasteiger charge is -2.37. The minimum atomic E-state index is -0.961. The topological polar surface area (TPSA) is 92.7 Å². The third-order valence-electron chi connectivity index (χ3n) is 5.61. The van der Waals surface area contributed by atoms with Crippen molar-refractivity contribution in [3.05, 3.63) is 29.8 Å². The van der Waals surface area contributed by atoms with Crippen LogP contribution in [0.25, 0.3) is 0 Å². The van der Waals surface area contributed by atoms with Crippen LogP contribution < -0.4 is 5.32 Å². The summed E-state index contributed by atoms with van der Waals surface area (Å²) in [7, 11) is 1.28. The molecule has 2 atom stereocenters. The first-order valence-electron chi connectivity index (χ1n) is 7.86. The highest BCUT2D eigenvalue weighted by atomic mass is 16.5. The van der Waals surface area contributed by atoms with Crippen LogP contribution in [0.5, 0.6) is 0 Å². The fourth-order valence-electron chi connectivity index (χ4n) is 3.44. The molecule has 0 aromatic heterocycles. The predicted octanol–water partition coefficient (Wildman–Crippen LogP) is 2.94. The minimum absolute atomic E-state index is 0.269. The van der Waals surface area contributed by atoms with Gasteiger partial charge in [-0.1, -0.05) is 26.0 Å². The number of carbonyl (C=O) groups excluding carboxylic acids is 2. The van der Waals surface area contributed by atoms with Crippen molar-refractivity contribution in [2.75, 3.05) is 12.4 Å². The first-order chi connectivity index (χ1) is 11.1. The molecule has 1 aliphatic rings. The first-order valence-corrected chi connectivity index (χ1v) is 7.86. The molecule has 1 aromatic rings. The Labute approximate surface area is 141 Å². The van der Waals surface area contributed by atoms with E-state index in [1.165, 1.54) is 7.11 Å². The smallest absolute Gasteiger partial charge is 0.339 e. The van der Waals surface area contributed by atoms with E-state index in [-0.39, 0.29) is 11.5 Å². The number of para-hydroxylation sites is 1. The maximum absolute atomic E-state index is 12.7. The van der Waals surface area contributed by atoms with Gasteiger partial charge >= 0.3 is 11.9 Å². The second-order valence-corrected chi connectivity index (χ2v) is 6.98. The van der Waals surface area contributed by atoms with Crippen molar-refractivity contribution in [1.82, 2.24) is 0 Å². The van der Waals surface area contributed by atoms with E-state index in [9.17, 15) is 19.5 Å². The lowest BCUT2D eigenvalue weighted by Crippen LogP contribution is -2.43. The average Bonchev–Trinajstić information content (AvgIpc) is 2.78. The molecule has 0 spiro atoms. The van der Waals surface area contributed by atoms with Crippen LogP contribution in [0.15, 0.2) is 24.3 Å². The second kappa shape index (κ2) is 6.26. The molecule has 0 bridgehead atoms. The van der Waals surface area contributed by atoms with Gasteiger partial charge in [-0.25, -0.2) is 4.79 Å². The summed E-state index contributed by atoms with van der Waals surface area (Å²) in [4.78, 5) is 36.2. The molecule has 6 nitrogen and oxygen atoms in total. The molecule has 0 radical (unpaired) electrons. The predicted molar refractivity (Wildman–Crippen MR) is 88.7 cm³/mol. The van der Waals surface area contributed by atoms with Crippen molar-refractivity contribution >= 4 is 23.5 Å². The summed E-state index contributed by atoms with van der Waals surface area (Å²) < 4.78 is 4.72. The highest BCUT2D eigenvalue weighted by Crippen LogP contribution is 2.56. The van der Waals surface area contributed by atoms with E-state index in [1.54, 1.807) is 31.2 Å². The van der Waals surface area contributed by atoms with Crippen LogP contribution in [0.2, 0.25) is 0 Å². The lowest BCUT2D eigenvalue weighted by atomic mass is 9.65. The minimum Gasteiger partial charge on any atom is -0.481 e. The van der Waals surface area contributed by atoms with E-state index in [0.29, 0.717) is 18.5 Å². The fourth-order valence-corrected chi connectivity index (χ4v) is 3.44. The third-order valence-corrected chi connectivity index (χ3v) is 5.61. The molecule has 1 aromatic carbocycles. The van der Waals surface area contributed by atoms with E-state index in [2.05, 4.69) is 5.32 Å². The monoisotopic (exact) mass is 333 g/mol. The number of ether oxygens (including phenoxy) is 1. The fraction of sp³-hybridized carbons (Fsp3) is 0.500. The largest absolute Gasteiger partial charge is 0.481 e. The molecule has 0 aliphatic heterocycles. The number of methoxy groups -OCH3 is 1. The van der Waals surface area contributed by atoms with Gasteiger partial charge in [-0.3, -0.25) is 9.59 Å². The summed E-state index contributed by atoms with van der Waals surface area (Å²) >= 11 is 0. The van der Waals surface area contributed by atoms with Crippen molar-refractivity contribution in [3.8, 4) is 0 Å². The molecule has 0 unspecified atom stereocenters. The molecule has 1 saturated carbocycles. The van der Waals surface area contributed by atoms with Crippen LogP contribution in [-0.2, 0) is 14.3 Å². The van der Waals surface area contributed by atoms with Crippen molar-refractivity contribution in [2.24, 2.45) is 16.7 Å². The molecule has 1 amide bonds. The SMILES string of the molecule is COC(=O)c1ccccc1NC(=O)[C@@H]1CC[C@@](C)(C(=O)O)C1(C)C. The third kappa shape index (κ3) is 2.77. The van der Waals surface area contributed by atoms with Gasteiger partial charge in [0.2, 0.25) is 5.91 Å². The number of amides is 1. The Kier molecular flexibility index (Phi) is 4.69. The van der Waals surface area contributed by atoms with Crippen LogP contribution in [0.3, 0.4) is 0 Å². The number of hydrogen-bond acceptors (Lipinski definition) is 4. The van der Waals surface area contributed by atoms with E-state index in [0.717, 1.165) is 0 Å². The van der Waals surface area contributed by atoms with Crippen molar-refractivity contribution in [1.29, 1.82) is 0 Å². The van der Waals surface area contributed by atoms with Gasteiger partial charge in [-0.05, 0) is 37.3 Å². The van der Waals surface area contributed by atoms with Gasteiger partial charge in [0.25, 0.3) is 0 Å². The van der Waals surface area contributed by atoms with Gasteiger partial charge in [-0.15, -0.1) is 0 Å². The summed E-state index contributed by atoms with van der Waals surface area (Å²) in [6, 6.07) is 6.59. The summed E-state index contributed by atoms with van der Waals surface area (Å²) in [5, 5.41) is 12.3. The number of aliphatic carboxylic acids is 1. The molecular formula is C18H23NO5. The molecule has 0 heterocycles. The van der Waals surface area contributed by atoms with Gasteiger partial charge < -0.3 is 15.2 Å². The van der Waals surface area contributed by atoms with Crippen molar-refractivity contribution in [2.45, 2.75) is 33.6 Å². The number of esters is 1. The summed E-state index contributed by atoms with van der Waals surface area (Å²) in [5.74, 6) is -2.16. The Bertz CT molecular complexity index is 682. The van der Waals surface area contributed by atoms with E-state index in [4.69, 9.17) is 4.74 Å². The summed E-state index contributed by atoms with van der Waals surface area (Å²) in [5.41, 5.74) is -1.03. The van der Waals surface area contributed by atoms with E-state index >= 15 is 0 Å². The highest BCUT2D eigenvalue weighted by Gasteiger charge is 2.58. The Morgan fingerprint density at radius 1 is 1.21 bits per heavy atom. The standard InChI is InChI=1S/C18H23NO5/c1-17(2)12(9-10-18(17,3)16(22)23)14(20)19-13-8-6-5-7-11(13)15(21)24-4/h5-8,12H,9-10H2,1-4H3,(H,19,20)(H,22,23)/t12-,18-/m0/s1. The zero-order valence-corrected chi connectivity index (χ0v) is 14.4. The molecule has 0 saturated heterocycles. The molecule has 2 rings (SSSR count). The van der Waals surface area contributed by atoms with Gasteiger partial charge in [0.15, 0.2) is 0 Å². The number of hydrogen-bond donors (Lipinski definition) is 2. The molecule has 1 aliphatic carbocycles. The Balaban J connectivity index is 2.26. The zero-order chi connectivity index (χ0) is 18.1. The van der Waals surface area contributed by atoms with Crippen LogP contribution >= 0.6 is 0 Å². The maximum Gasteiger partial charge on any atom is 0.339 e. The molecule has 1 fully saturated rings. The van der Waals surface area contributed by atoms with E-state index < -0.39 is 28.7 Å². The average molecular weight is 333 g/mol. The van der Waals surface area contributed by atoms with Crippen molar-refractivity contribution < 1.29 is 24.2 Å². The van der Waals surface area contributed by atoms with E-state index in [1.807, 2.05) is 13.8 Å². The van der Waals surface area contributed by atoms with Crippen LogP contribution in [0.1, 0.15) is 44.0 Å². The Hall–Kier alpha value is -2.37. The number of anilines is 1. The van der Waals surface area contributed by atoms with Gasteiger partial charge in [0.1, 0.15) is 0 Å². The van der Waals surface area contributed by atoms with Crippen LogP contribution in [0, 0.1) is 16.7 Å². The maximum atomic E-state index is 12.7. The van der Waals surface area contributed by atoms with Crippen LogP contribution in [-0.4, -0.2) is 30.1 Å². The quantitative estimate of drug-likeness (QED) is 0.826. The number of carboxylic acids is 1. The number of carboxylic acid groups (broad SMARTS) is 1. The number of rotatable bonds is 4. The molecule has 24 heavy (non-hydrogen) atoms. The zero-order valence-electron chi connectivity index (χ0n) is 14.4. The van der Waals surface area contributed by atoms with Crippen molar-refractivity contribution in [3.63, 3.8) is 0 Å². The van der Waals surface area contributed by atoms with Gasteiger partial charge in [-0.2, -0.15) is 0 Å². The molecular weight excluding hydrogens is 310 g/mol. The first kappa shape index (κ1) is 18.0. The lowest BCUT2D eigenvalue weighted by molar-refractivity contribution is -0.154. The van der Waals surface area contributed by atoms with Gasteiger partial charge in [0, 0.05) is 5.92 Å². The summed E-state index contributed by atoms with van der Waals surface area (Å²) in [6.07, 6.45) is 0.925. The molecule has 6 heteroatoms. The molecule has 2 N–H and O–H groups in total. The van der Waals surface area contributed by atoms with Crippen LogP contribution in [0.4, 0.5) is 5.69 Å². The molecule has 130 valence electrons. The normalized spacial score (nSPS) is 25.1. The van der Waals surface area contributed by atoms with Gasteiger partial charge in [0.05, 0.1) is 23.8 Å². The number of benzene rings is 1. The Morgan fingerprint density at radius 2 is 1.83 bits per heavy atom. The second-order valence-electron chi connectivity index (χ2n) is 6.98. The number of carbonyl (C=O) groups is 3. The summed E-state index contributed by atoms with van der Waals surface area (Å²) in [6.45, 7) is 5.31. The number of nitrogens with one attached hydrogen (secondary N) is 1. The Morgan fingerprint density at radius 3 is 2.38 bits per heavy atom.